The highest BCUT2D eigenvalue weighted by molar-refractivity contribution is 5.37. The first-order chi connectivity index (χ1) is 9.06. The molecule has 1 aromatic rings. The number of aromatic nitrogens is 3. The van der Waals surface area contributed by atoms with Crippen molar-refractivity contribution in [3.05, 3.63) is 0 Å². The summed E-state index contributed by atoms with van der Waals surface area (Å²) in [6, 6.07) is 0.196. The van der Waals surface area contributed by atoms with Crippen LogP contribution in [0.3, 0.4) is 0 Å². The molecule has 1 rings (SSSR count). The Hall–Kier alpha value is -1.67. The SMILES string of the molecule is CCCOc1nc(NC)nc(NC(C)(CO)CO)n1. The van der Waals surface area contributed by atoms with E-state index < -0.39 is 5.54 Å². The molecule has 0 aliphatic carbocycles. The van der Waals surface area contributed by atoms with Crippen molar-refractivity contribution in [2.75, 3.05) is 37.5 Å². The number of ether oxygens (including phenoxy) is 1. The molecule has 0 bridgehead atoms. The maximum atomic E-state index is 9.24. The van der Waals surface area contributed by atoms with Gasteiger partial charge in [0.05, 0.1) is 25.4 Å². The zero-order valence-corrected chi connectivity index (χ0v) is 11.5. The van der Waals surface area contributed by atoms with Crippen LogP contribution in [-0.2, 0) is 0 Å². The van der Waals surface area contributed by atoms with Gasteiger partial charge in [-0.15, -0.1) is 0 Å². The third-order valence-electron chi connectivity index (χ3n) is 2.39. The minimum absolute atomic E-state index is 0.196. The first-order valence-corrected chi connectivity index (χ1v) is 6.13. The van der Waals surface area contributed by atoms with Crippen molar-refractivity contribution in [2.24, 2.45) is 0 Å². The number of nitrogens with zero attached hydrogens (tertiary/aromatic N) is 3. The van der Waals surface area contributed by atoms with E-state index >= 15 is 0 Å². The van der Waals surface area contributed by atoms with E-state index in [0.717, 1.165) is 6.42 Å². The Labute approximate surface area is 112 Å². The van der Waals surface area contributed by atoms with E-state index in [1.54, 1.807) is 14.0 Å². The lowest BCUT2D eigenvalue weighted by Crippen LogP contribution is -2.43. The molecule has 19 heavy (non-hydrogen) atoms. The molecule has 0 aliphatic rings. The summed E-state index contributed by atoms with van der Waals surface area (Å²) in [5.74, 6) is 0.581. The Morgan fingerprint density at radius 2 is 1.79 bits per heavy atom. The summed E-state index contributed by atoms with van der Waals surface area (Å²) in [7, 11) is 1.68. The molecule has 0 fully saturated rings. The van der Waals surface area contributed by atoms with Gasteiger partial charge < -0.3 is 25.6 Å². The Balaban J connectivity index is 2.92. The van der Waals surface area contributed by atoms with Crippen LogP contribution in [0.4, 0.5) is 11.9 Å². The third kappa shape index (κ3) is 4.49. The van der Waals surface area contributed by atoms with Crippen molar-refractivity contribution in [2.45, 2.75) is 25.8 Å². The third-order valence-corrected chi connectivity index (χ3v) is 2.39. The fraction of sp³-hybridized carbons (Fsp3) is 0.727. The van der Waals surface area contributed by atoms with Gasteiger partial charge in [0.25, 0.3) is 0 Å². The van der Waals surface area contributed by atoms with Crippen LogP contribution >= 0.6 is 0 Å². The van der Waals surface area contributed by atoms with Crippen LogP contribution in [0, 0.1) is 0 Å². The van der Waals surface area contributed by atoms with Crippen molar-refractivity contribution in [1.82, 2.24) is 15.0 Å². The van der Waals surface area contributed by atoms with Crippen molar-refractivity contribution in [3.63, 3.8) is 0 Å². The van der Waals surface area contributed by atoms with Crippen molar-refractivity contribution < 1.29 is 14.9 Å². The monoisotopic (exact) mass is 271 g/mol. The topological polar surface area (TPSA) is 112 Å². The molecule has 4 N–H and O–H groups in total. The highest BCUT2D eigenvalue weighted by Crippen LogP contribution is 2.15. The minimum Gasteiger partial charge on any atom is -0.463 e. The van der Waals surface area contributed by atoms with Crippen LogP contribution in [0.5, 0.6) is 6.01 Å². The zero-order chi connectivity index (χ0) is 14.3. The second-order valence-corrected chi connectivity index (χ2v) is 4.37. The largest absolute Gasteiger partial charge is 0.463 e. The van der Waals surface area contributed by atoms with E-state index in [4.69, 9.17) is 4.74 Å². The van der Waals surface area contributed by atoms with Crippen LogP contribution < -0.4 is 15.4 Å². The van der Waals surface area contributed by atoms with Gasteiger partial charge in [-0.2, -0.15) is 15.0 Å². The summed E-state index contributed by atoms with van der Waals surface area (Å²) in [5.41, 5.74) is -0.908. The number of aliphatic hydroxyl groups excluding tert-OH is 2. The average molecular weight is 271 g/mol. The van der Waals surface area contributed by atoms with E-state index in [2.05, 4.69) is 25.6 Å². The fourth-order valence-corrected chi connectivity index (χ4v) is 1.18. The van der Waals surface area contributed by atoms with Crippen LogP contribution in [0.15, 0.2) is 0 Å². The van der Waals surface area contributed by atoms with E-state index in [-0.39, 0.29) is 25.2 Å². The van der Waals surface area contributed by atoms with E-state index in [1.165, 1.54) is 0 Å². The molecule has 0 saturated heterocycles. The predicted octanol–water partition coefficient (Wildman–Crippen LogP) is -0.143. The van der Waals surface area contributed by atoms with Crippen molar-refractivity contribution in [3.8, 4) is 6.01 Å². The van der Waals surface area contributed by atoms with Gasteiger partial charge in [0.1, 0.15) is 0 Å². The van der Waals surface area contributed by atoms with Crippen LogP contribution in [-0.4, -0.2) is 57.6 Å². The Morgan fingerprint density at radius 1 is 1.16 bits per heavy atom. The lowest BCUT2D eigenvalue weighted by Gasteiger charge is -2.26. The lowest BCUT2D eigenvalue weighted by atomic mass is 10.1. The van der Waals surface area contributed by atoms with Gasteiger partial charge in [-0.3, -0.25) is 0 Å². The quantitative estimate of drug-likeness (QED) is 0.517. The van der Waals surface area contributed by atoms with Gasteiger partial charge in [-0.05, 0) is 13.3 Å². The number of aliphatic hydroxyl groups is 2. The van der Waals surface area contributed by atoms with Crippen LogP contribution in [0.25, 0.3) is 0 Å². The first-order valence-electron chi connectivity index (χ1n) is 6.13. The zero-order valence-electron chi connectivity index (χ0n) is 11.5. The number of hydrogen-bond donors (Lipinski definition) is 4. The molecule has 0 radical (unpaired) electrons. The maximum Gasteiger partial charge on any atom is 0.323 e. The lowest BCUT2D eigenvalue weighted by molar-refractivity contribution is 0.147. The molecule has 0 atom stereocenters. The Kier molecular flexibility index (Phi) is 5.71. The molecule has 0 unspecified atom stereocenters. The maximum absolute atomic E-state index is 9.24. The minimum atomic E-state index is -0.908. The summed E-state index contributed by atoms with van der Waals surface area (Å²) in [6.45, 7) is 3.63. The second-order valence-electron chi connectivity index (χ2n) is 4.37. The van der Waals surface area contributed by atoms with Crippen LogP contribution in [0.1, 0.15) is 20.3 Å². The van der Waals surface area contributed by atoms with Gasteiger partial charge >= 0.3 is 6.01 Å². The normalized spacial score (nSPS) is 11.2. The molecule has 8 heteroatoms. The number of nitrogens with one attached hydrogen (secondary N) is 2. The van der Waals surface area contributed by atoms with Gasteiger partial charge in [-0.25, -0.2) is 0 Å². The summed E-state index contributed by atoms with van der Waals surface area (Å²) in [4.78, 5) is 12.2. The van der Waals surface area contributed by atoms with E-state index in [9.17, 15) is 10.2 Å². The molecule has 1 aromatic heterocycles. The highest BCUT2D eigenvalue weighted by Gasteiger charge is 2.23. The number of rotatable bonds is 8. The van der Waals surface area contributed by atoms with E-state index in [0.29, 0.717) is 12.6 Å². The Bertz CT molecular complexity index is 398. The van der Waals surface area contributed by atoms with Crippen molar-refractivity contribution in [1.29, 1.82) is 0 Å². The Morgan fingerprint density at radius 3 is 2.32 bits per heavy atom. The number of anilines is 2. The molecule has 8 nitrogen and oxygen atoms in total. The molecule has 0 aliphatic heterocycles. The molecular formula is C11H21N5O3. The first kappa shape index (κ1) is 15.4. The summed E-state index contributed by atoms with van der Waals surface area (Å²) in [5, 5.41) is 24.1. The summed E-state index contributed by atoms with van der Waals surface area (Å²) >= 11 is 0. The standard InChI is InChI=1S/C11H21N5O3/c1-4-5-19-10-14-8(12-3)13-9(15-10)16-11(2,6-17)7-18/h17-18H,4-7H2,1-3H3,(H2,12,13,14,15,16). The van der Waals surface area contributed by atoms with E-state index in [1.807, 2.05) is 6.92 Å². The molecule has 0 spiro atoms. The number of hydrogen-bond acceptors (Lipinski definition) is 8. The smallest absolute Gasteiger partial charge is 0.323 e. The van der Waals surface area contributed by atoms with Crippen molar-refractivity contribution >= 4 is 11.9 Å². The predicted molar refractivity (Wildman–Crippen MR) is 71.4 cm³/mol. The van der Waals surface area contributed by atoms with Crippen LogP contribution in [0.2, 0.25) is 0 Å². The molecule has 1 heterocycles. The molecule has 0 saturated carbocycles. The highest BCUT2D eigenvalue weighted by atomic mass is 16.5. The molecular weight excluding hydrogens is 250 g/mol. The van der Waals surface area contributed by atoms with Gasteiger partial charge in [0.2, 0.25) is 11.9 Å². The van der Waals surface area contributed by atoms with Gasteiger partial charge in [0, 0.05) is 7.05 Å². The summed E-state index contributed by atoms with van der Waals surface area (Å²) in [6.07, 6.45) is 0.842. The average Bonchev–Trinajstić information content (AvgIpc) is 2.44. The summed E-state index contributed by atoms with van der Waals surface area (Å²) < 4.78 is 5.35. The molecule has 0 amide bonds. The van der Waals surface area contributed by atoms with Gasteiger partial charge in [0.15, 0.2) is 0 Å². The molecule has 0 aromatic carbocycles. The molecule has 108 valence electrons. The van der Waals surface area contributed by atoms with Gasteiger partial charge in [-0.1, -0.05) is 6.92 Å². The second kappa shape index (κ2) is 7.05. The fourth-order valence-electron chi connectivity index (χ4n) is 1.18.